The van der Waals surface area contributed by atoms with Gasteiger partial charge in [0.25, 0.3) is 0 Å². The van der Waals surface area contributed by atoms with E-state index in [-0.39, 0.29) is 29.2 Å². The summed E-state index contributed by atoms with van der Waals surface area (Å²) < 4.78 is 48.1. The topological polar surface area (TPSA) is 146 Å². The molecule has 5 aliphatic rings. The second-order valence-corrected chi connectivity index (χ2v) is 18.9. The van der Waals surface area contributed by atoms with Crippen molar-refractivity contribution in [2.75, 3.05) is 99.3 Å². The van der Waals surface area contributed by atoms with E-state index in [1.807, 2.05) is 39.9 Å². The predicted molar refractivity (Wildman–Crippen MR) is 250 cm³/mol. The quantitative estimate of drug-likeness (QED) is 0.169. The Balaban J connectivity index is 0.000000122. The first-order valence-corrected chi connectivity index (χ1v) is 23.3. The van der Waals surface area contributed by atoms with Crippen LogP contribution in [0.25, 0.3) is 31.7 Å². The molecule has 0 saturated carbocycles. The Bertz CT molecular complexity index is 2670. The van der Waals surface area contributed by atoms with Gasteiger partial charge in [-0.1, -0.05) is 12.1 Å². The third kappa shape index (κ3) is 8.83. The van der Waals surface area contributed by atoms with E-state index in [9.17, 15) is 9.59 Å². The van der Waals surface area contributed by atoms with E-state index in [1.54, 1.807) is 12.1 Å². The highest BCUT2D eigenvalue weighted by molar-refractivity contribution is 9.10. The first-order valence-electron chi connectivity index (χ1n) is 20.7. The van der Waals surface area contributed by atoms with E-state index in [1.165, 1.54) is 22.7 Å². The molecule has 3 saturated heterocycles. The van der Waals surface area contributed by atoms with Crippen molar-refractivity contribution in [2.45, 2.75) is 38.9 Å². The molecule has 14 nitrogen and oxygen atoms in total. The van der Waals surface area contributed by atoms with Crippen LogP contribution in [0.5, 0.6) is 11.5 Å². The Morgan fingerprint density at radius 2 is 1.16 bits per heavy atom. The summed E-state index contributed by atoms with van der Waals surface area (Å²) >= 11 is 6.22. The number of morpholine rings is 2. The van der Waals surface area contributed by atoms with E-state index in [0.29, 0.717) is 72.0 Å². The van der Waals surface area contributed by atoms with Gasteiger partial charge in [0.05, 0.1) is 53.5 Å². The molecule has 0 unspecified atom stereocenters. The van der Waals surface area contributed by atoms with Crippen LogP contribution in [0.1, 0.15) is 27.7 Å². The fourth-order valence-electron chi connectivity index (χ4n) is 7.50. The number of fused-ring (bicyclic) bond motifs is 4. The van der Waals surface area contributed by atoms with Gasteiger partial charge in [-0.05, 0) is 78.9 Å². The van der Waals surface area contributed by atoms with E-state index >= 15 is 0 Å². The largest absolute Gasteiger partial charge is 0.494 e. The molecule has 6 aromatic rings. The monoisotopic (exact) mass is 946 g/mol. The van der Waals surface area contributed by atoms with E-state index < -0.39 is 0 Å². The number of nitrogens with one attached hydrogen (secondary N) is 2. The van der Waals surface area contributed by atoms with Crippen LogP contribution in [0.2, 0.25) is 0 Å². The molecule has 2 aromatic carbocycles. The average molecular weight is 948 g/mol. The van der Waals surface area contributed by atoms with Crippen molar-refractivity contribution in [3.05, 3.63) is 84.2 Å². The Morgan fingerprint density at radius 3 is 1.76 bits per heavy atom. The third-order valence-electron chi connectivity index (χ3n) is 11.6. The second-order valence-electron chi connectivity index (χ2n) is 16.3. The van der Waals surface area contributed by atoms with Crippen LogP contribution < -0.4 is 46.2 Å². The molecular formula is C44H48BBrN4O10S2. The number of hydrogen-bond acceptors (Lipinski definition) is 16. The Morgan fingerprint density at radius 1 is 0.645 bits per heavy atom. The highest BCUT2D eigenvalue weighted by Crippen LogP contribution is 2.40. The Labute approximate surface area is 375 Å². The maximum Gasteiger partial charge on any atom is 0.494 e. The number of ether oxygens (including phenoxy) is 4. The Kier molecular flexibility index (Phi) is 12.3. The van der Waals surface area contributed by atoms with Gasteiger partial charge < -0.3 is 57.5 Å². The van der Waals surface area contributed by atoms with Crippen molar-refractivity contribution in [1.82, 2.24) is 0 Å². The first kappa shape index (κ1) is 42.7. The van der Waals surface area contributed by atoms with Crippen molar-refractivity contribution in [3.8, 4) is 22.6 Å². The van der Waals surface area contributed by atoms with Gasteiger partial charge in [0, 0.05) is 67.7 Å². The number of anilines is 4. The Hall–Kier alpha value is -4.56. The van der Waals surface area contributed by atoms with Crippen molar-refractivity contribution in [2.24, 2.45) is 0 Å². The minimum absolute atomic E-state index is 0.00316. The molecule has 0 atom stereocenters. The van der Waals surface area contributed by atoms with Crippen LogP contribution >= 0.6 is 38.6 Å². The van der Waals surface area contributed by atoms with Crippen molar-refractivity contribution in [3.63, 3.8) is 0 Å². The van der Waals surface area contributed by atoms with Gasteiger partial charge in [0.2, 0.25) is 10.9 Å². The normalized spacial score (nSPS) is 18.8. The standard InChI is InChI=1S/C19H18N2O4S.C14H20BNO3.C11H10BrNO3S/c22-15-10-17(21-4-7-23-8-5-21)25-18-13(11-26-19(15)18)12-1-2-16-14(9-12)20-3-6-24-16;1-13(2)14(3,4)19-15(18-13)10-5-6-12-11(9-10)16-7-8-17-12;12-7-6-17-11-8(14)5-9(16-10(7)11)13-1-3-15-4-2-13/h1-2,9-11,20H,3-8H2;5-6,9,16H,7-8H2,1-4H3;5-6H,1-4H2. The third-order valence-corrected chi connectivity index (χ3v) is 14.5. The van der Waals surface area contributed by atoms with Crippen LogP contribution in [0.4, 0.5) is 23.1 Å². The highest BCUT2D eigenvalue weighted by atomic mass is 79.9. The van der Waals surface area contributed by atoms with Gasteiger partial charge in [-0.2, -0.15) is 0 Å². The first-order chi connectivity index (χ1) is 29.9. The van der Waals surface area contributed by atoms with Crippen molar-refractivity contribution in [1.29, 1.82) is 0 Å². The molecule has 3 fully saturated rings. The van der Waals surface area contributed by atoms with Crippen LogP contribution in [0.3, 0.4) is 0 Å². The maximum atomic E-state index is 12.6. The van der Waals surface area contributed by atoms with Gasteiger partial charge in [-0.25, -0.2) is 0 Å². The van der Waals surface area contributed by atoms with Crippen molar-refractivity contribution < 1.29 is 37.1 Å². The zero-order valence-corrected chi connectivity index (χ0v) is 38.2. The summed E-state index contributed by atoms with van der Waals surface area (Å²) in [5.74, 6) is 3.00. The molecule has 18 heteroatoms. The summed E-state index contributed by atoms with van der Waals surface area (Å²) in [6.45, 7) is 16.9. The molecule has 326 valence electrons. The summed E-state index contributed by atoms with van der Waals surface area (Å²) in [6.07, 6.45) is 0. The smallest absolute Gasteiger partial charge is 0.490 e. The van der Waals surface area contributed by atoms with Crippen LogP contribution in [-0.4, -0.2) is 97.2 Å². The molecule has 0 amide bonds. The molecule has 2 N–H and O–H groups in total. The molecular weight excluding hydrogens is 899 g/mol. The van der Waals surface area contributed by atoms with E-state index in [0.717, 1.165) is 83.2 Å². The van der Waals surface area contributed by atoms with Crippen LogP contribution in [0.15, 0.2) is 82.2 Å². The molecule has 11 rings (SSSR count). The zero-order chi connectivity index (χ0) is 43.0. The predicted octanol–water partition coefficient (Wildman–Crippen LogP) is 7.41. The summed E-state index contributed by atoms with van der Waals surface area (Å²) in [6, 6.07) is 15.2. The average Bonchev–Trinajstić information content (AvgIpc) is 3.96. The van der Waals surface area contributed by atoms with E-state index in [2.05, 4.69) is 71.3 Å². The van der Waals surface area contributed by atoms with Gasteiger partial charge in [-0.15, -0.1) is 22.7 Å². The SMILES string of the molecule is CC1(C)OB(c2ccc3c(c2)NCCO3)OC1(C)C.O=c1cc(N2CCOCC2)oc2c(-c3ccc4c(c3)NCCO4)csc12.O=c1cc(N2CCOCC2)oc2c(Br)csc12. The lowest BCUT2D eigenvalue weighted by molar-refractivity contribution is 0.00578. The molecule has 0 aliphatic carbocycles. The van der Waals surface area contributed by atoms with Gasteiger partial charge in [-0.3, -0.25) is 9.59 Å². The molecule has 9 heterocycles. The summed E-state index contributed by atoms with van der Waals surface area (Å²) in [5, 5.41) is 10.5. The highest BCUT2D eigenvalue weighted by Gasteiger charge is 2.51. The van der Waals surface area contributed by atoms with Gasteiger partial charge in [0.15, 0.2) is 22.9 Å². The molecule has 0 radical (unpaired) electrons. The number of nitrogens with zero attached hydrogens (tertiary/aromatic N) is 2. The lowest BCUT2D eigenvalue weighted by Gasteiger charge is -2.32. The number of benzene rings is 2. The van der Waals surface area contributed by atoms with Crippen molar-refractivity contribution >= 4 is 94.9 Å². The molecule has 62 heavy (non-hydrogen) atoms. The van der Waals surface area contributed by atoms with Gasteiger partial charge in [0.1, 0.15) is 34.1 Å². The summed E-state index contributed by atoms with van der Waals surface area (Å²) in [4.78, 5) is 28.6. The molecule has 4 aromatic heterocycles. The number of thiophene rings is 2. The van der Waals surface area contributed by atoms with Crippen LogP contribution in [-0.2, 0) is 18.8 Å². The second kappa shape index (κ2) is 17.9. The molecule has 5 aliphatic heterocycles. The van der Waals surface area contributed by atoms with E-state index in [4.69, 9.17) is 37.1 Å². The van der Waals surface area contributed by atoms with Crippen LogP contribution in [0, 0.1) is 0 Å². The number of halogens is 1. The number of rotatable bonds is 4. The molecule has 0 spiro atoms. The maximum absolute atomic E-state index is 12.6. The minimum atomic E-state index is -0.320. The lowest BCUT2D eigenvalue weighted by Crippen LogP contribution is -2.41. The lowest BCUT2D eigenvalue weighted by atomic mass is 9.79. The fraction of sp³-hybridized carbons (Fsp3) is 0.409. The van der Waals surface area contributed by atoms with Gasteiger partial charge >= 0.3 is 7.12 Å². The minimum Gasteiger partial charge on any atom is -0.490 e. The fourth-order valence-corrected chi connectivity index (χ4v) is 9.87. The summed E-state index contributed by atoms with van der Waals surface area (Å²) in [5.41, 5.74) is 5.66. The number of hydrogen-bond donors (Lipinski definition) is 2. The zero-order valence-electron chi connectivity index (χ0n) is 35.0. The summed E-state index contributed by atoms with van der Waals surface area (Å²) in [7, 11) is -0.320. The molecule has 0 bridgehead atoms.